The fourth-order valence-corrected chi connectivity index (χ4v) is 3.37. The van der Waals surface area contributed by atoms with Crippen molar-refractivity contribution in [2.45, 2.75) is 31.9 Å². The van der Waals surface area contributed by atoms with Crippen LogP contribution >= 0.6 is 15.9 Å². The van der Waals surface area contributed by atoms with Gasteiger partial charge in [-0.05, 0) is 50.1 Å². The molecule has 5 heteroatoms. The van der Waals surface area contributed by atoms with Crippen LogP contribution in [-0.2, 0) is 4.74 Å². The van der Waals surface area contributed by atoms with Crippen LogP contribution in [0.1, 0.15) is 31.4 Å². The van der Waals surface area contributed by atoms with Crippen LogP contribution in [0.2, 0.25) is 0 Å². The van der Waals surface area contributed by atoms with E-state index in [1.54, 1.807) is 12.1 Å². The van der Waals surface area contributed by atoms with E-state index in [-0.39, 0.29) is 18.0 Å². The van der Waals surface area contributed by atoms with Crippen molar-refractivity contribution in [1.29, 1.82) is 0 Å². The number of hydrogen-bond acceptors (Lipinski definition) is 3. The Hall–Kier alpha value is -0.490. The van der Waals surface area contributed by atoms with Gasteiger partial charge in [-0.2, -0.15) is 0 Å². The van der Waals surface area contributed by atoms with Gasteiger partial charge < -0.3 is 10.5 Å². The van der Waals surface area contributed by atoms with Crippen molar-refractivity contribution >= 4 is 15.9 Å². The summed E-state index contributed by atoms with van der Waals surface area (Å²) in [4.78, 5) is 2.31. The van der Waals surface area contributed by atoms with Gasteiger partial charge in [-0.1, -0.05) is 15.9 Å². The van der Waals surface area contributed by atoms with Gasteiger partial charge in [0.25, 0.3) is 0 Å². The summed E-state index contributed by atoms with van der Waals surface area (Å²) in [5.74, 6) is -0.222. The van der Waals surface area contributed by atoms with Gasteiger partial charge in [0.15, 0.2) is 0 Å². The van der Waals surface area contributed by atoms with Gasteiger partial charge >= 0.3 is 0 Å². The van der Waals surface area contributed by atoms with Crippen LogP contribution in [-0.4, -0.2) is 37.2 Å². The van der Waals surface area contributed by atoms with E-state index in [2.05, 4.69) is 20.8 Å². The lowest BCUT2D eigenvalue weighted by Crippen LogP contribution is -2.44. The number of rotatable bonds is 5. The molecule has 0 amide bonds. The standard InChI is InChI=1S/C15H22BrFN2O/c1-2-20-12-4-3-7-19(10-12)15(9-18)13-8-11(17)5-6-14(13)16/h5-6,8,12,15H,2-4,7,9-10,18H2,1H3. The number of nitrogens with two attached hydrogens (primary N) is 1. The summed E-state index contributed by atoms with van der Waals surface area (Å²) in [6.07, 6.45) is 2.44. The number of nitrogens with zero attached hydrogens (tertiary/aromatic N) is 1. The van der Waals surface area contributed by atoms with Gasteiger partial charge in [-0.25, -0.2) is 4.39 Å². The molecule has 0 radical (unpaired) electrons. The average molecular weight is 345 g/mol. The van der Waals surface area contributed by atoms with Crippen molar-refractivity contribution < 1.29 is 9.13 Å². The molecule has 0 aromatic heterocycles. The molecule has 1 aliphatic rings. The molecule has 0 aliphatic carbocycles. The highest BCUT2D eigenvalue weighted by Crippen LogP contribution is 2.30. The normalized spacial score (nSPS) is 21.9. The van der Waals surface area contributed by atoms with Gasteiger partial charge in [0.2, 0.25) is 0 Å². The molecule has 1 aromatic carbocycles. The Bertz CT molecular complexity index is 442. The molecule has 1 fully saturated rings. The molecular formula is C15H22BrFN2O. The maximum Gasteiger partial charge on any atom is 0.123 e. The zero-order valence-corrected chi connectivity index (χ0v) is 13.4. The fourth-order valence-electron chi connectivity index (χ4n) is 2.86. The fraction of sp³-hybridized carbons (Fsp3) is 0.600. The maximum absolute atomic E-state index is 13.5. The molecule has 1 heterocycles. The SMILES string of the molecule is CCOC1CCCN(C(CN)c2cc(F)ccc2Br)C1. The second-order valence-corrected chi connectivity index (χ2v) is 5.99. The van der Waals surface area contributed by atoms with Crippen LogP contribution in [0.3, 0.4) is 0 Å². The van der Waals surface area contributed by atoms with Crippen molar-refractivity contribution in [3.63, 3.8) is 0 Å². The lowest BCUT2D eigenvalue weighted by Gasteiger charge is -2.38. The predicted molar refractivity (Wildman–Crippen MR) is 82.1 cm³/mol. The summed E-state index contributed by atoms with van der Waals surface area (Å²) in [7, 11) is 0. The average Bonchev–Trinajstić information content (AvgIpc) is 2.44. The Morgan fingerprint density at radius 2 is 2.35 bits per heavy atom. The topological polar surface area (TPSA) is 38.5 Å². The second kappa shape index (κ2) is 7.50. The van der Waals surface area contributed by atoms with Crippen LogP contribution in [0.5, 0.6) is 0 Å². The van der Waals surface area contributed by atoms with Crippen LogP contribution < -0.4 is 5.73 Å². The highest BCUT2D eigenvalue weighted by atomic mass is 79.9. The minimum absolute atomic E-state index is 0.0309. The number of halogens is 2. The van der Waals surface area contributed by atoms with E-state index >= 15 is 0 Å². The zero-order chi connectivity index (χ0) is 14.5. The van der Waals surface area contributed by atoms with Crippen LogP contribution in [0, 0.1) is 5.82 Å². The number of benzene rings is 1. The molecule has 1 saturated heterocycles. The molecule has 0 saturated carbocycles. The number of ether oxygens (including phenoxy) is 1. The molecule has 2 atom stereocenters. The van der Waals surface area contributed by atoms with Gasteiger partial charge in [0.1, 0.15) is 5.82 Å². The Labute approximate surface area is 128 Å². The lowest BCUT2D eigenvalue weighted by atomic mass is 10.0. The largest absolute Gasteiger partial charge is 0.377 e. The maximum atomic E-state index is 13.5. The van der Waals surface area contributed by atoms with Crippen molar-refractivity contribution in [1.82, 2.24) is 4.90 Å². The van der Waals surface area contributed by atoms with E-state index in [0.717, 1.165) is 42.6 Å². The van der Waals surface area contributed by atoms with E-state index in [9.17, 15) is 4.39 Å². The molecule has 2 unspecified atom stereocenters. The monoisotopic (exact) mass is 344 g/mol. The van der Waals surface area contributed by atoms with Crippen LogP contribution in [0.4, 0.5) is 4.39 Å². The Balaban J connectivity index is 2.16. The highest BCUT2D eigenvalue weighted by Gasteiger charge is 2.27. The third-order valence-electron chi connectivity index (χ3n) is 3.79. The molecule has 0 bridgehead atoms. The number of piperidine rings is 1. The summed E-state index contributed by atoms with van der Waals surface area (Å²) in [6, 6.07) is 4.81. The van der Waals surface area contributed by atoms with E-state index in [1.807, 2.05) is 6.92 Å². The Morgan fingerprint density at radius 1 is 1.55 bits per heavy atom. The van der Waals surface area contributed by atoms with Crippen molar-refractivity contribution in [3.8, 4) is 0 Å². The van der Waals surface area contributed by atoms with Gasteiger partial charge in [0, 0.05) is 30.2 Å². The highest BCUT2D eigenvalue weighted by molar-refractivity contribution is 9.10. The van der Waals surface area contributed by atoms with Gasteiger partial charge in [-0.15, -0.1) is 0 Å². The molecule has 20 heavy (non-hydrogen) atoms. The molecule has 1 aliphatic heterocycles. The smallest absolute Gasteiger partial charge is 0.123 e. The number of hydrogen-bond donors (Lipinski definition) is 1. The molecule has 2 rings (SSSR count). The van der Waals surface area contributed by atoms with Gasteiger partial charge in [0.05, 0.1) is 6.10 Å². The molecular weight excluding hydrogens is 323 g/mol. The minimum atomic E-state index is -0.222. The van der Waals surface area contributed by atoms with Gasteiger partial charge in [-0.3, -0.25) is 4.90 Å². The Morgan fingerprint density at radius 3 is 3.05 bits per heavy atom. The summed E-state index contributed by atoms with van der Waals surface area (Å²) >= 11 is 3.50. The quantitative estimate of drug-likeness (QED) is 0.891. The summed E-state index contributed by atoms with van der Waals surface area (Å²) in [5, 5.41) is 0. The summed E-state index contributed by atoms with van der Waals surface area (Å²) in [5.41, 5.74) is 6.87. The number of likely N-dealkylation sites (tertiary alicyclic amines) is 1. The first-order valence-electron chi connectivity index (χ1n) is 7.16. The molecule has 112 valence electrons. The molecule has 0 spiro atoms. The van der Waals surface area contributed by atoms with Crippen molar-refractivity contribution in [3.05, 3.63) is 34.1 Å². The minimum Gasteiger partial charge on any atom is -0.377 e. The molecule has 3 nitrogen and oxygen atoms in total. The molecule has 1 aromatic rings. The first kappa shape index (κ1) is 15.9. The van der Waals surface area contributed by atoms with E-state index in [0.29, 0.717) is 6.54 Å². The first-order valence-corrected chi connectivity index (χ1v) is 7.95. The third kappa shape index (κ3) is 3.79. The Kier molecular flexibility index (Phi) is 5.96. The second-order valence-electron chi connectivity index (χ2n) is 5.13. The van der Waals surface area contributed by atoms with E-state index in [1.165, 1.54) is 6.07 Å². The van der Waals surface area contributed by atoms with E-state index < -0.39 is 0 Å². The molecule has 2 N–H and O–H groups in total. The lowest BCUT2D eigenvalue weighted by molar-refractivity contribution is -0.00671. The van der Waals surface area contributed by atoms with Crippen molar-refractivity contribution in [2.75, 3.05) is 26.2 Å². The third-order valence-corrected chi connectivity index (χ3v) is 4.52. The summed E-state index contributed by atoms with van der Waals surface area (Å²) < 4.78 is 20.1. The van der Waals surface area contributed by atoms with Crippen molar-refractivity contribution in [2.24, 2.45) is 5.73 Å². The predicted octanol–water partition coefficient (Wildman–Crippen LogP) is 3.09. The van der Waals surface area contributed by atoms with Crippen LogP contribution in [0.25, 0.3) is 0 Å². The van der Waals surface area contributed by atoms with Crippen LogP contribution in [0.15, 0.2) is 22.7 Å². The van der Waals surface area contributed by atoms with E-state index in [4.69, 9.17) is 10.5 Å². The first-order chi connectivity index (χ1) is 9.65. The zero-order valence-electron chi connectivity index (χ0n) is 11.8. The summed E-state index contributed by atoms with van der Waals surface area (Å²) in [6.45, 7) is 5.06.